The Labute approximate surface area is 85.8 Å². The van der Waals surface area contributed by atoms with Crippen molar-refractivity contribution in [1.29, 1.82) is 0 Å². The zero-order chi connectivity index (χ0) is 10.3. The first kappa shape index (κ1) is 9.32. The van der Waals surface area contributed by atoms with E-state index < -0.39 is 0 Å². The Hall–Kier alpha value is -1.24. The van der Waals surface area contributed by atoms with Crippen molar-refractivity contribution in [3.8, 4) is 0 Å². The van der Waals surface area contributed by atoms with Crippen LogP contribution >= 0.6 is 0 Å². The van der Waals surface area contributed by atoms with Crippen molar-refractivity contribution in [2.75, 3.05) is 5.32 Å². The Balaban J connectivity index is 2.67. The van der Waals surface area contributed by atoms with Crippen molar-refractivity contribution >= 4 is 11.3 Å². The van der Waals surface area contributed by atoms with E-state index in [-0.39, 0.29) is 0 Å². The fourth-order valence-electron chi connectivity index (χ4n) is 2.15. The summed E-state index contributed by atoms with van der Waals surface area (Å²) in [5, 5.41) is 3.52. The molecule has 1 atom stereocenters. The van der Waals surface area contributed by atoms with Crippen LogP contribution in [0.4, 0.5) is 5.69 Å². The maximum Gasteiger partial charge on any atom is 0.0448 e. The largest absolute Gasteiger partial charge is 0.378 e. The maximum absolute atomic E-state index is 3.52. The van der Waals surface area contributed by atoms with Crippen LogP contribution in [0, 0.1) is 6.92 Å². The van der Waals surface area contributed by atoms with Crippen molar-refractivity contribution < 1.29 is 0 Å². The lowest BCUT2D eigenvalue weighted by molar-refractivity contribution is 0.910. The van der Waals surface area contributed by atoms with Crippen LogP contribution in [0.15, 0.2) is 23.8 Å². The van der Waals surface area contributed by atoms with E-state index in [2.05, 4.69) is 51.2 Å². The van der Waals surface area contributed by atoms with Gasteiger partial charge in [0.05, 0.1) is 0 Å². The summed E-state index contributed by atoms with van der Waals surface area (Å²) in [4.78, 5) is 0. The molecule has 1 aliphatic rings. The number of nitrogens with one attached hydrogen (secondary N) is 1. The Morgan fingerprint density at radius 3 is 2.57 bits per heavy atom. The van der Waals surface area contributed by atoms with Crippen molar-refractivity contribution in [3.05, 3.63) is 34.9 Å². The van der Waals surface area contributed by atoms with Gasteiger partial charge in [-0.15, -0.1) is 0 Å². The van der Waals surface area contributed by atoms with Crippen molar-refractivity contribution in [2.45, 2.75) is 33.7 Å². The number of benzene rings is 1. The standard InChI is InChI=1S/C13H17N/c1-8-6-5-7-12-13(8)10(3)9(2)11(4)14-12/h5-7,11,14H,1-4H3. The third-order valence-electron chi connectivity index (χ3n) is 3.26. The highest BCUT2D eigenvalue weighted by Gasteiger charge is 2.19. The van der Waals surface area contributed by atoms with E-state index in [9.17, 15) is 0 Å². The molecule has 1 nitrogen and oxygen atoms in total. The van der Waals surface area contributed by atoms with Gasteiger partial charge in [-0.1, -0.05) is 12.1 Å². The predicted molar refractivity (Wildman–Crippen MR) is 62.5 cm³/mol. The highest BCUT2D eigenvalue weighted by atomic mass is 14.9. The molecule has 0 saturated heterocycles. The van der Waals surface area contributed by atoms with Crippen LogP contribution in [0.2, 0.25) is 0 Å². The van der Waals surface area contributed by atoms with Gasteiger partial charge in [-0.05, 0) is 50.5 Å². The lowest BCUT2D eigenvalue weighted by atomic mass is 9.90. The molecule has 1 aromatic carbocycles. The molecular weight excluding hydrogens is 170 g/mol. The number of rotatable bonds is 0. The molecule has 1 N–H and O–H groups in total. The molecule has 0 bridgehead atoms. The summed E-state index contributed by atoms with van der Waals surface area (Å²) < 4.78 is 0. The summed E-state index contributed by atoms with van der Waals surface area (Å²) in [5.74, 6) is 0. The van der Waals surface area contributed by atoms with Gasteiger partial charge in [0.1, 0.15) is 0 Å². The molecule has 1 heteroatoms. The first-order valence-corrected chi connectivity index (χ1v) is 5.15. The fourth-order valence-corrected chi connectivity index (χ4v) is 2.15. The van der Waals surface area contributed by atoms with Gasteiger partial charge < -0.3 is 5.32 Å². The van der Waals surface area contributed by atoms with E-state index in [1.165, 1.54) is 28.0 Å². The van der Waals surface area contributed by atoms with E-state index in [0.717, 1.165) is 0 Å². The number of allylic oxidation sites excluding steroid dienone is 1. The molecule has 0 aromatic heterocycles. The number of aryl methyl sites for hydroxylation is 1. The van der Waals surface area contributed by atoms with Crippen LogP contribution in [0.1, 0.15) is 31.9 Å². The minimum Gasteiger partial charge on any atom is -0.378 e. The predicted octanol–water partition coefficient (Wildman–Crippen LogP) is 3.60. The molecule has 0 spiro atoms. The lowest BCUT2D eigenvalue weighted by Gasteiger charge is -2.28. The molecule has 0 saturated carbocycles. The maximum atomic E-state index is 3.52. The van der Waals surface area contributed by atoms with Gasteiger partial charge >= 0.3 is 0 Å². The van der Waals surface area contributed by atoms with Gasteiger partial charge in [0.25, 0.3) is 0 Å². The van der Waals surface area contributed by atoms with Crippen LogP contribution in [-0.2, 0) is 0 Å². The van der Waals surface area contributed by atoms with Gasteiger partial charge in [0.15, 0.2) is 0 Å². The Morgan fingerprint density at radius 2 is 1.86 bits per heavy atom. The summed E-state index contributed by atoms with van der Waals surface area (Å²) >= 11 is 0. The smallest absolute Gasteiger partial charge is 0.0448 e. The van der Waals surface area contributed by atoms with Gasteiger partial charge in [-0.3, -0.25) is 0 Å². The number of anilines is 1. The number of fused-ring (bicyclic) bond motifs is 1. The van der Waals surface area contributed by atoms with E-state index >= 15 is 0 Å². The third kappa shape index (κ3) is 1.24. The molecule has 1 unspecified atom stereocenters. The SMILES string of the molecule is CC1=C(C)C(C)Nc2cccc(C)c21. The molecule has 0 radical (unpaired) electrons. The fraction of sp³-hybridized carbons (Fsp3) is 0.385. The Morgan fingerprint density at radius 1 is 1.14 bits per heavy atom. The van der Waals surface area contributed by atoms with Crippen molar-refractivity contribution in [2.24, 2.45) is 0 Å². The molecule has 0 amide bonds. The lowest BCUT2D eigenvalue weighted by Crippen LogP contribution is -2.22. The highest BCUT2D eigenvalue weighted by molar-refractivity contribution is 5.83. The second-order valence-electron chi connectivity index (χ2n) is 4.17. The summed E-state index contributed by atoms with van der Waals surface area (Å²) in [6.45, 7) is 8.82. The Kier molecular flexibility index (Phi) is 2.10. The molecule has 1 aliphatic heterocycles. The van der Waals surface area contributed by atoms with Crippen LogP contribution in [0.25, 0.3) is 5.57 Å². The molecule has 1 aromatic rings. The quantitative estimate of drug-likeness (QED) is 0.654. The molecule has 1 heterocycles. The first-order chi connectivity index (χ1) is 6.61. The zero-order valence-corrected chi connectivity index (χ0v) is 9.31. The van der Waals surface area contributed by atoms with Gasteiger partial charge in [-0.2, -0.15) is 0 Å². The van der Waals surface area contributed by atoms with Gasteiger partial charge in [-0.25, -0.2) is 0 Å². The van der Waals surface area contributed by atoms with Crippen LogP contribution in [0.3, 0.4) is 0 Å². The van der Waals surface area contributed by atoms with Crippen molar-refractivity contribution in [1.82, 2.24) is 0 Å². The normalized spacial score (nSPS) is 20.4. The average Bonchev–Trinajstić information content (AvgIpc) is 2.14. The number of hydrogen-bond acceptors (Lipinski definition) is 1. The average molecular weight is 187 g/mol. The molecule has 14 heavy (non-hydrogen) atoms. The van der Waals surface area contributed by atoms with E-state index in [1.807, 2.05) is 0 Å². The van der Waals surface area contributed by atoms with Crippen molar-refractivity contribution in [3.63, 3.8) is 0 Å². The topological polar surface area (TPSA) is 12.0 Å². The minimum absolute atomic E-state index is 0.462. The second kappa shape index (κ2) is 3.16. The molecule has 2 rings (SSSR count). The van der Waals surface area contributed by atoms with Crippen LogP contribution < -0.4 is 5.32 Å². The molecule has 0 aliphatic carbocycles. The summed E-state index contributed by atoms with van der Waals surface area (Å²) in [6, 6.07) is 6.91. The van der Waals surface area contributed by atoms with Crippen LogP contribution in [-0.4, -0.2) is 6.04 Å². The Bertz CT molecular complexity index is 402. The highest BCUT2D eigenvalue weighted by Crippen LogP contribution is 2.35. The first-order valence-electron chi connectivity index (χ1n) is 5.15. The molecule has 0 fully saturated rings. The third-order valence-corrected chi connectivity index (χ3v) is 3.26. The zero-order valence-electron chi connectivity index (χ0n) is 9.31. The monoisotopic (exact) mass is 187 g/mol. The minimum atomic E-state index is 0.462. The molecular formula is C13H17N. The van der Waals surface area contributed by atoms with E-state index in [1.54, 1.807) is 0 Å². The van der Waals surface area contributed by atoms with E-state index in [4.69, 9.17) is 0 Å². The summed E-state index contributed by atoms with van der Waals surface area (Å²) in [7, 11) is 0. The summed E-state index contributed by atoms with van der Waals surface area (Å²) in [5.41, 5.74) is 6.92. The molecule has 74 valence electrons. The van der Waals surface area contributed by atoms with Gasteiger partial charge in [0, 0.05) is 17.3 Å². The van der Waals surface area contributed by atoms with E-state index in [0.29, 0.717) is 6.04 Å². The van der Waals surface area contributed by atoms with Gasteiger partial charge in [0.2, 0.25) is 0 Å². The summed E-state index contributed by atoms with van der Waals surface area (Å²) in [6.07, 6.45) is 0. The second-order valence-corrected chi connectivity index (χ2v) is 4.17. The van der Waals surface area contributed by atoms with Crippen LogP contribution in [0.5, 0.6) is 0 Å². The number of hydrogen-bond donors (Lipinski definition) is 1.